The van der Waals surface area contributed by atoms with Crippen molar-refractivity contribution in [3.63, 3.8) is 0 Å². The second-order valence-electron chi connectivity index (χ2n) is 9.46. The molecule has 0 saturated carbocycles. The summed E-state index contributed by atoms with van der Waals surface area (Å²) < 4.78 is 5.92. The van der Waals surface area contributed by atoms with Gasteiger partial charge >= 0.3 is 0 Å². The third kappa shape index (κ3) is 6.04. The highest BCUT2D eigenvalue weighted by molar-refractivity contribution is 6.10. The molecule has 0 heterocycles. The number of rotatable bonds is 7. The van der Waals surface area contributed by atoms with Crippen LogP contribution >= 0.6 is 0 Å². The molecule has 4 heteroatoms. The smallest absolute Gasteiger partial charge is 0.259 e. The van der Waals surface area contributed by atoms with Gasteiger partial charge in [0.2, 0.25) is 0 Å². The highest BCUT2D eigenvalue weighted by Gasteiger charge is 2.17. The van der Waals surface area contributed by atoms with Crippen LogP contribution in [0, 0.1) is 0 Å². The predicted octanol–water partition coefficient (Wildman–Crippen LogP) is 7.05. The van der Waals surface area contributed by atoms with E-state index in [1.54, 1.807) is 42.5 Å². The number of nitrogens with one attached hydrogen (secondary N) is 1. The minimum Gasteiger partial charge on any atom is -0.488 e. The van der Waals surface area contributed by atoms with Gasteiger partial charge in [-0.15, -0.1) is 0 Å². The van der Waals surface area contributed by atoms with Crippen LogP contribution < -0.4 is 10.1 Å². The van der Waals surface area contributed by atoms with Crippen molar-refractivity contribution >= 4 is 17.4 Å². The van der Waals surface area contributed by atoms with E-state index in [0.717, 1.165) is 5.56 Å². The van der Waals surface area contributed by atoms with Crippen molar-refractivity contribution in [3.05, 3.63) is 131 Å². The number of carbonyl (C=O) groups excluding carboxylic acids is 2. The third-order valence-electron chi connectivity index (χ3n) is 5.76. The van der Waals surface area contributed by atoms with E-state index >= 15 is 0 Å². The van der Waals surface area contributed by atoms with Crippen molar-refractivity contribution in [1.82, 2.24) is 0 Å². The fourth-order valence-electron chi connectivity index (χ4n) is 3.74. The second-order valence-corrected chi connectivity index (χ2v) is 9.46. The van der Waals surface area contributed by atoms with Crippen molar-refractivity contribution < 1.29 is 14.3 Å². The Balaban J connectivity index is 1.48. The van der Waals surface area contributed by atoms with E-state index in [2.05, 4.69) is 26.1 Å². The number of amides is 1. The molecule has 0 unspecified atom stereocenters. The van der Waals surface area contributed by atoms with Gasteiger partial charge in [0.15, 0.2) is 5.78 Å². The number of carbonyl (C=O) groups is 2. The maximum absolute atomic E-state index is 13.1. The maximum Gasteiger partial charge on any atom is 0.259 e. The van der Waals surface area contributed by atoms with Crippen LogP contribution in [0.1, 0.15) is 58.2 Å². The lowest BCUT2D eigenvalue weighted by Crippen LogP contribution is -2.14. The Labute approximate surface area is 206 Å². The van der Waals surface area contributed by atoms with Gasteiger partial charge in [0.25, 0.3) is 5.91 Å². The van der Waals surface area contributed by atoms with Gasteiger partial charge in [0.05, 0.1) is 5.56 Å². The van der Waals surface area contributed by atoms with E-state index in [0.29, 0.717) is 34.7 Å². The van der Waals surface area contributed by atoms with Gasteiger partial charge in [0.1, 0.15) is 12.4 Å². The molecule has 0 aliphatic rings. The Kier molecular flexibility index (Phi) is 7.11. The van der Waals surface area contributed by atoms with Crippen LogP contribution in [0.4, 0.5) is 5.69 Å². The number of anilines is 1. The molecule has 176 valence electrons. The molecule has 4 aromatic rings. The van der Waals surface area contributed by atoms with Crippen LogP contribution in [0.25, 0.3) is 0 Å². The van der Waals surface area contributed by atoms with Gasteiger partial charge in [0, 0.05) is 16.8 Å². The molecule has 4 rings (SSSR count). The summed E-state index contributed by atoms with van der Waals surface area (Å²) in [6, 6.07) is 31.6. The summed E-state index contributed by atoms with van der Waals surface area (Å²) in [5, 5.41) is 2.90. The van der Waals surface area contributed by atoms with E-state index in [1.807, 2.05) is 60.7 Å². The van der Waals surface area contributed by atoms with Gasteiger partial charge in [-0.05, 0) is 40.8 Å². The highest BCUT2D eigenvalue weighted by Crippen LogP contribution is 2.24. The van der Waals surface area contributed by atoms with E-state index in [-0.39, 0.29) is 17.1 Å². The molecule has 0 fully saturated rings. The average molecular weight is 464 g/mol. The first-order chi connectivity index (χ1) is 16.8. The molecule has 35 heavy (non-hydrogen) atoms. The molecule has 4 aromatic carbocycles. The molecule has 0 saturated heterocycles. The second kappa shape index (κ2) is 10.4. The normalized spacial score (nSPS) is 11.1. The SMILES string of the molecule is CC(C)(C)c1ccc(C(=O)c2cccc(NC(=O)c3ccccc3OCc3ccccc3)c2)cc1. The highest BCUT2D eigenvalue weighted by atomic mass is 16.5. The van der Waals surface area contributed by atoms with Crippen molar-refractivity contribution in [1.29, 1.82) is 0 Å². The zero-order valence-electron chi connectivity index (χ0n) is 20.2. The first kappa shape index (κ1) is 24.0. The predicted molar refractivity (Wildman–Crippen MR) is 140 cm³/mol. The number of para-hydroxylation sites is 1. The number of hydrogen-bond acceptors (Lipinski definition) is 3. The number of benzene rings is 4. The number of ether oxygens (including phenoxy) is 1. The van der Waals surface area contributed by atoms with E-state index in [9.17, 15) is 9.59 Å². The van der Waals surface area contributed by atoms with Gasteiger partial charge in [-0.3, -0.25) is 9.59 Å². The quantitative estimate of drug-likeness (QED) is 0.299. The molecule has 4 nitrogen and oxygen atoms in total. The first-order valence-electron chi connectivity index (χ1n) is 11.6. The maximum atomic E-state index is 13.1. The molecule has 1 N–H and O–H groups in total. The Morgan fingerprint density at radius 3 is 2.14 bits per heavy atom. The number of ketones is 1. The lowest BCUT2D eigenvalue weighted by molar-refractivity contribution is 0.101. The molecular weight excluding hydrogens is 434 g/mol. The van der Waals surface area contributed by atoms with Crippen LogP contribution in [-0.4, -0.2) is 11.7 Å². The first-order valence-corrected chi connectivity index (χ1v) is 11.6. The lowest BCUT2D eigenvalue weighted by Gasteiger charge is -2.19. The molecule has 0 spiro atoms. The van der Waals surface area contributed by atoms with Crippen molar-refractivity contribution in [2.75, 3.05) is 5.32 Å². The van der Waals surface area contributed by atoms with Gasteiger partial charge < -0.3 is 10.1 Å². The van der Waals surface area contributed by atoms with Crippen LogP contribution in [-0.2, 0) is 12.0 Å². The van der Waals surface area contributed by atoms with Crippen molar-refractivity contribution in [2.24, 2.45) is 0 Å². The molecule has 1 amide bonds. The van der Waals surface area contributed by atoms with Crippen LogP contribution in [0.15, 0.2) is 103 Å². The van der Waals surface area contributed by atoms with Crippen molar-refractivity contribution in [3.8, 4) is 5.75 Å². The monoisotopic (exact) mass is 463 g/mol. The average Bonchev–Trinajstić information content (AvgIpc) is 2.87. The molecule has 0 radical (unpaired) electrons. The molecule has 0 aliphatic carbocycles. The summed E-state index contributed by atoms with van der Waals surface area (Å²) in [5.74, 6) is 0.112. The van der Waals surface area contributed by atoms with Crippen LogP contribution in [0.3, 0.4) is 0 Å². The fourth-order valence-corrected chi connectivity index (χ4v) is 3.74. The van der Waals surface area contributed by atoms with E-state index in [1.165, 1.54) is 5.56 Å². The van der Waals surface area contributed by atoms with Gasteiger partial charge in [-0.1, -0.05) is 99.6 Å². The minimum atomic E-state index is -0.298. The van der Waals surface area contributed by atoms with Gasteiger partial charge in [-0.25, -0.2) is 0 Å². The summed E-state index contributed by atoms with van der Waals surface area (Å²) in [5.41, 5.74) is 4.31. The Morgan fingerprint density at radius 2 is 1.43 bits per heavy atom. The Bertz CT molecular complexity index is 1320. The standard InChI is InChI=1S/C31H29NO3/c1-31(2,3)25-18-16-23(17-19-25)29(33)24-12-9-13-26(20-24)32-30(34)27-14-7-8-15-28(27)35-21-22-10-5-4-6-11-22/h4-20H,21H2,1-3H3,(H,32,34). The molecule has 0 bridgehead atoms. The summed E-state index contributed by atoms with van der Waals surface area (Å²) in [4.78, 5) is 26.1. The number of hydrogen-bond donors (Lipinski definition) is 1. The molecule has 0 atom stereocenters. The Hall–Kier alpha value is -4.18. The molecule has 0 aromatic heterocycles. The zero-order chi connectivity index (χ0) is 24.8. The summed E-state index contributed by atoms with van der Waals surface area (Å²) in [6.07, 6.45) is 0. The summed E-state index contributed by atoms with van der Waals surface area (Å²) in [7, 11) is 0. The van der Waals surface area contributed by atoms with E-state index in [4.69, 9.17) is 4.74 Å². The topological polar surface area (TPSA) is 55.4 Å². The van der Waals surface area contributed by atoms with Crippen LogP contribution in [0.5, 0.6) is 5.75 Å². The summed E-state index contributed by atoms with van der Waals surface area (Å²) in [6.45, 7) is 6.78. The third-order valence-corrected chi connectivity index (χ3v) is 5.76. The zero-order valence-corrected chi connectivity index (χ0v) is 20.2. The molecule has 0 aliphatic heterocycles. The largest absolute Gasteiger partial charge is 0.488 e. The van der Waals surface area contributed by atoms with Gasteiger partial charge in [-0.2, -0.15) is 0 Å². The fraction of sp³-hybridized carbons (Fsp3) is 0.161. The summed E-state index contributed by atoms with van der Waals surface area (Å²) >= 11 is 0. The molecular formula is C31H29NO3. The minimum absolute atomic E-state index is 0.0207. The van der Waals surface area contributed by atoms with Crippen LogP contribution in [0.2, 0.25) is 0 Å². The van der Waals surface area contributed by atoms with E-state index < -0.39 is 0 Å². The lowest BCUT2D eigenvalue weighted by atomic mass is 9.86. The Morgan fingerprint density at radius 1 is 0.743 bits per heavy atom. The van der Waals surface area contributed by atoms with Crippen molar-refractivity contribution in [2.45, 2.75) is 32.8 Å².